The number of carboxylic acids is 1. The van der Waals surface area contributed by atoms with E-state index in [1.165, 1.54) is 0 Å². The molecule has 132 valence electrons. The zero-order valence-electron chi connectivity index (χ0n) is 14.3. The van der Waals surface area contributed by atoms with Gasteiger partial charge in [0.25, 0.3) is 0 Å². The van der Waals surface area contributed by atoms with Gasteiger partial charge in [-0.15, -0.1) is 0 Å². The molecular formula is C18H25NO5. The third kappa shape index (κ3) is 3.21. The lowest BCUT2D eigenvalue weighted by atomic mass is 9.87. The van der Waals surface area contributed by atoms with E-state index in [0.29, 0.717) is 17.1 Å². The van der Waals surface area contributed by atoms with Gasteiger partial charge in [0.15, 0.2) is 11.5 Å². The number of benzene rings is 1. The fourth-order valence-corrected chi connectivity index (χ4v) is 3.87. The first-order valence-corrected chi connectivity index (χ1v) is 8.41. The van der Waals surface area contributed by atoms with E-state index in [2.05, 4.69) is 0 Å². The molecule has 1 atom stereocenters. The van der Waals surface area contributed by atoms with Crippen LogP contribution in [-0.4, -0.2) is 55.5 Å². The van der Waals surface area contributed by atoms with Crippen molar-refractivity contribution in [2.45, 2.75) is 37.3 Å². The molecule has 3 rings (SSSR count). The van der Waals surface area contributed by atoms with E-state index in [0.717, 1.165) is 45.4 Å². The lowest BCUT2D eigenvalue weighted by Gasteiger charge is -2.41. The van der Waals surface area contributed by atoms with E-state index >= 15 is 0 Å². The van der Waals surface area contributed by atoms with Crippen molar-refractivity contribution in [1.82, 2.24) is 4.90 Å². The molecular weight excluding hydrogens is 310 g/mol. The van der Waals surface area contributed by atoms with Gasteiger partial charge in [-0.3, -0.25) is 9.69 Å². The predicted molar refractivity (Wildman–Crippen MR) is 88.6 cm³/mol. The molecule has 24 heavy (non-hydrogen) atoms. The first kappa shape index (κ1) is 17.0. The zero-order valence-corrected chi connectivity index (χ0v) is 14.3. The van der Waals surface area contributed by atoms with Gasteiger partial charge in [0.1, 0.15) is 6.04 Å². The third-order valence-corrected chi connectivity index (χ3v) is 5.22. The molecule has 1 unspecified atom stereocenters. The van der Waals surface area contributed by atoms with Gasteiger partial charge in [-0.25, -0.2) is 0 Å². The first-order valence-electron chi connectivity index (χ1n) is 8.41. The number of likely N-dealkylation sites (tertiary alicyclic amines) is 1. The van der Waals surface area contributed by atoms with E-state index < -0.39 is 12.0 Å². The van der Waals surface area contributed by atoms with Crippen LogP contribution in [0.2, 0.25) is 0 Å². The van der Waals surface area contributed by atoms with E-state index in [4.69, 9.17) is 14.2 Å². The van der Waals surface area contributed by atoms with Crippen LogP contribution >= 0.6 is 0 Å². The van der Waals surface area contributed by atoms with Gasteiger partial charge in [-0.05, 0) is 43.4 Å². The van der Waals surface area contributed by atoms with Crippen LogP contribution in [0.5, 0.6) is 11.5 Å². The fraction of sp³-hybridized carbons (Fsp3) is 0.611. The van der Waals surface area contributed by atoms with Crippen LogP contribution in [0.1, 0.15) is 37.3 Å². The molecule has 2 heterocycles. The molecule has 0 bridgehead atoms. The Balaban J connectivity index is 1.79. The Labute approximate surface area is 142 Å². The number of piperidine rings is 1. The molecule has 2 saturated heterocycles. The summed E-state index contributed by atoms with van der Waals surface area (Å²) in [5.41, 5.74) is 0.695. The SMILES string of the molecule is COc1ccc(C(C(=O)O)N2CCC3(CCCO3)CC2)cc1OC. The summed E-state index contributed by atoms with van der Waals surface area (Å²) in [6, 6.07) is 4.64. The summed E-state index contributed by atoms with van der Waals surface area (Å²) in [4.78, 5) is 13.9. The van der Waals surface area contributed by atoms with Crippen molar-refractivity contribution in [3.8, 4) is 11.5 Å². The Hall–Kier alpha value is -1.79. The molecule has 0 aromatic heterocycles. The number of carbonyl (C=O) groups is 1. The molecule has 1 spiro atoms. The number of methoxy groups -OCH3 is 2. The van der Waals surface area contributed by atoms with Crippen molar-refractivity contribution in [1.29, 1.82) is 0 Å². The van der Waals surface area contributed by atoms with Crippen LogP contribution in [0.3, 0.4) is 0 Å². The maximum absolute atomic E-state index is 11.9. The zero-order chi connectivity index (χ0) is 17.2. The minimum Gasteiger partial charge on any atom is -0.493 e. The van der Waals surface area contributed by atoms with E-state index in [1.54, 1.807) is 32.4 Å². The summed E-state index contributed by atoms with van der Waals surface area (Å²) in [6.07, 6.45) is 3.99. The Morgan fingerprint density at radius 1 is 1.21 bits per heavy atom. The Bertz CT molecular complexity index is 587. The third-order valence-electron chi connectivity index (χ3n) is 5.22. The lowest BCUT2D eigenvalue weighted by Crippen LogP contribution is -2.47. The average molecular weight is 335 g/mol. The maximum Gasteiger partial charge on any atom is 0.325 e. The van der Waals surface area contributed by atoms with Crippen LogP contribution < -0.4 is 9.47 Å². The Kier molecular flexibility index (Phi) is 4.96. The van der Waals surface area contributed by atoms with Crippen LogP contribution in [0, 0.1) is 0 Å². The maximum atomic E-state index is 11.9. The molecule has 1 aromatic rings. The van der Waals surface area contributed by atoms with Crippen LogP contribution in [0.15, 0.2) is 18.2 Å². The predicted octanol–water partition coefficient (Wildman–Crippen LogP) is 2.47. The second kappa shape index (κ2) is 6.99. The van der Waals surface area contributed by atoms with E-state index in [1.807, 2.05) is 4.90 Å². The van der Waals surface area contributed by atoms with Crippen molar-refractivity contribution >= 4 is 5.97 Å². The van der Waals surface area contributed by atoms with Gasteiger partial charge in [-0.1, -0.05) is 6.07 Å². The standard InChI is InChI=1S/C18H25NO5/c1-22-14-5-4-13(12-15(14)23-2)16(17(20)21)19-9-7-18(8-10-19)6-3-11-24-18/h4-5,12,16H,3,6-11H2,1-2H3,(H,20,21). The Morgan fingerprint density at radius 2 is 1.92 bits per heavy atom. The molecule has 2 aliphatic heterocycles. The van der Waals surface area contributed by atoms with Gasteiger partial charge in [0.2, 0.25) is 0 Å². The average Bonchev–Trinajstić information content (AvgIpc) is 3.04. The normalized spacial score (nSPS) is 21.6. The number of rotatable bonds is 5. The Morgan fingerprint density at radius 3 is 2.46 bits per heavy atom. The molecule has 6 nitrogen and oxygen atoms in total. The number of hydrogen-bond acceptors (Lipinski definition) is 5. The first-order chi connectivity index (χ1) is 11.6. The van der Waals surface area contributed by atoms with Gasteiger partial charge in [0, 0.05) is 19.7 Å². The molecule has 2 fully saturated rings. The number of ether oxygens (including phenoxy) is 3. The summed E-state index contributed by atoms with van der Waals surface area (Å²) in [6.45, 7) is 2.29. The van der Waals surface area contributed by atoms with Gasteiger partial charge in [0.05, 0.1) is 19.8 Å². The van der Waals surface area contributed by atoms with Crippen LogP contribution in [0.4, 0.5) is 0 Å². The molecule has 0 aliphatic carbocycles. The summed E-state index contributed by atoms with van der Waals surface area (Å²) in [5, 5.41) is 9.78. The van der Waals surface area contributed by atoms with E-state index in [9.17, 15) is 9.90 Å². The number of hydrogen-bond donors (Lipinski definition) is 1. The number of nitrogens with zero attached hydrogens (tertiary/aromatic N) is 1. The largest absolute Gasteiger partial charge is 0.493 e. The van der Waals surface area contributed by atoms with Crippen molar-refractivity contribution in [3.05, 3.63) is 23.8 Å². The number of aliphatic carboxylic acids is 1. The summed E-state index contributed by atoms with van der Waals surface area (Å²) < 4.78 is 16.5. The number of carboxylic acid groups (broad SMARTS) is 1. The molecule has 2 aliphatic rings. The molecule has 0 amide bonds. The van der Waals surface area contributed by atoms with Crippen molar-refractivity contribution in [2.24, 2.45) is 0 Å². The second-order valence-electron chi connectivity index (χ2n) is 6.53. The molecule has 0 saturated carbocycles. The minimum absolute atomic E-state index is 0.0167. The quantitative estimate of drug-likeness (QED) is 0.891. The van der Waals surface area contributed by atoms with Crippen LogP contribution in [0.25, 0.3) is 0 Å². The summed E-state index contributed by atoms with van der Waals surface area (Å²) in [7, 11) is 3.12. The lowest BCUT2D eigenvalue weighted by molar-refractivity contribution is -0.146. The van der Waals surface area contributed by atoms with Crippen molar-refractivity contribution in [2.75, 3.05) is 33.9 Å². The summed E-state index contributed by atoms with van der Waals surface area (Å²) >= 11 is 0. The topological polar surface area (TPSA) is 68.2 Å². The van der Waals surface area contributed by atoms with E-state index in [-0.39, 0.29) is 5.60 Å². The highest BCUT2D eigenvalue weighted by molar-refractivity contribution is 5.76. The van der Waals surface area contributed by atoms with Crippen molar-refractivity contribution < 1.29 is 24.1 Å². The monoisotopic (exact) mass is 335 g/mol. The summed E-state index contributed by atoms with van der Waals surface area (Å²) in [5.74, 6) is 0.307. The van der Waals surface area contributed by atoms with Crippen LogP contribution in [-0.2, 0) is 9.53 Å². The highest BCUT2D eigenvalue weighted by Crippen LogP contribution is 2.39. The second-order valence-corrected chi connectivity index (χ2v) is 6.53. The molecule has 1 aromatic carbocycles. The van der Waals surface area contributed by atoms with Gasteiger partial charge >= 0.3 is 5.97 Å². The van der Waals surface area contributed by atoms with Gasteiger partial charge in [-0.2, -0.15) is 0 Å². The van der Waals surface area contributed by atoms with Crippen molar-refractivity contribution in [3.63, 3.8) is 0 Å². The van der Waals surface area contributed by atoms with Gasteiger partial charge < -0.3 is 19.3 Å². The molecule has 1 N–H and O–H groups in total. The highest BCUT2D eigenvalue weighted by Gasteiger charge is 2.41. The molecule has 6 heteroatoms. The fourth-order valence-electron chi connectivity index (χ4n) is 3.87. The minimum atomic E-state index is -0.842. The molecule has 0 radical (unpaired) electrons. The smallest absolute Gasteiger partial charge is 0.325 e. The highest BCUT2D eigenvalue weighted by atomic mass is 16.5.